The molecule has 15 heavy (non-hydrogen) atoms. The fourth-order valence-corrected chi connectivity index (χ4v) is 1.13. The summed E-state index contributed by atoms with van der Waals surface area (Å²) in [5.74, 6) is -1.72. The molecule has 0 aromatic carbocycles. The Morgan fingerprint density at radius 2 is 2.13 bits per heavy atom. The summed E-state index contributed by atoms with van der Waals surface area (Å²) in [6.45, 7) is 1.75. The van der Waals surface area contributed by atoms with Crippen molar-refractivity contribution in [3.05, 3.63) is 28.0 Å². The number of rotatable bonds is 3. The first kappa shape index (κ1) is 11.9. The Hall–Kier alpha value is -1.13. The third-order valence-electron chi connectivity index (χ3n) is 1.52. The fourth-order valence-electron chi connectivity index (χ4n) is 0.860. The number of aromatic nitrogens is 1. The second kappa shape index (κ2) is 5.09. The first-order chi connectivity index (χ1) is 7.06. The smallest absolute Gasteiger partial charge is 0.379 e. The SMILES string of the molecule is CCOC(=O)C(=O)c1cnc(Cl)c(Cl)c1. The zero-order valence-electron chi connectivity index (χ0n) is 7.79. The van der Waals surface area contributed by atoms with Gasteiger partial charge in [0, 0.05) is 11.8 Å². The zero-order valence-corrected chi connectivity index (χ0v) is 9.30. The zero-order chi connectivity index (χ0) is 11.4. The Labute approximate surface area is 96.2 Å². The number of esters is 1. The third-order valence-corrected chi connectivity index (χ3v) is 2.21. The predicted molar refractivity (Wildman–Crippen MR) is 55.2 cm³/mol. The van der Waals surface area contributed by atoms with E-state index in [0.717, 1.165) is 0 Å². The molecule has 0 radical (unpaired) electrons. The van der Waals surface area contributed by atoms with Crippen LogP contribution in [-0.4, -0.2) is 23.3 Å². The van der Waals surface area contributed by atoms with Crippen LogP contribution >= 0.6 is 23.2 Å². The molecule has 0 aliphatic heterocycles. The summed E-state index contributed by atoms with van der Waals surface area (Å²) in [4.78, 5) is 26.1. The number of carbonyl (C=O) groups is 2. The van der Waals surface area contributed by atoms with Crippen LogP contribution in [0.4, 0.5) is 0 Å². The maximum Gasteiger partial charge on any atom is 0.379 e. The molecule has 1 aromatic rings. The Kier molecular flexibility index (Phi) is 4.05. The molecule has 0 bridgehead atoms. The molecule has 1 aromatic heterocycles. The summed E-state index contributed by atoms with van der Waals surface area (Å²) < 4.78 is 4.54. The largest absolute Gasteiger partial charge is 0.460 e. The molecule has 0 saturated heterocycles. The lowest BCUT2D eigenvalue weighted by molar-refractivity contribution is -0.137. The van der Waals surface area contributed by atoms with E-state index in [1.54, 1.807) is 6.92 Å². The number of hydrogen-bond acceptors (Lipinski definition) is 4. The van der Waals surface area contributed by atoms with Gasteiger partial charge in [0.05, 0.1) is 11.6 Å². The van der Waals surface area contributed by atoms with Crippen LogP contribution in [0.5, 0.6) is 0 Å². The molecular formula is C9H7Cl2NO3. The van der Waals surface area contributed by atoms with Gasteiger partial charge in [-0.3, -0.25) is 4.79 Å². The van der Waals surface area contributed by atoms with Crippen LogP contribution in [0.25, 0.3) is 0 Å². The standard InChI is InChI=1S/C9H7Cl2NO3/c1-2-15-9(14)7(13)5-3-6(10)8(11)12-4-5/h3-4H,2H2,1H3. The molecule has 0 atom stereocenters. The third kappa shape index (κ3) is 2.91. The summed E-state index contributed by atoms with van der Waals surface area (Å²) in [6, 6.07) is 1.27. The van der Waals surface area contributed by atoms with Gasteiger partial charge in [-0.2, -0.15) is 0 Å². The number of halogens is 2. The van der Waals surface area contributed by atoms with E-state index < -0.39 is 11.8 Å². The second-order valence-electron chi connectivity index (χ2n) is 2.55. The molecule has 0 fully saturated rings. The number of nitrogens with zero attached hydrogens (tertiary/aromatic N) is 1. The van der Waals surface area contributed by atoms with Crippen LogP contribution in [0.1, 0.15) is 17.3 Å². The van der Waals surface area contributed by atoms with Gasteiger partial charge in [-0.15, -0.1) is 0 Å². The van der Waals surface area contributed by atoms with E-state index in [1.165, 1.54) is 12.3 Å². The van der Waals surface area contributed by atoms with Crippen molar-refractivity contribution < 1.29 is 14.3 Å². The number of carbonyl (C=O) groups excluding carboxylic acids is 2. The molecule has 1 heterocycles. The number of ketones is 1. The normalized spacial score (nSPS) is 9.80. The average Bonchev–Trinajstić information content (AvgIpc) is 2.21. The van der Waals surface area contributed by atoms with E-state index in [4.69, 9.17) is 23.2 Å². The van der Waals surface area contributed by atoms with Crippen molar-refractivity contribution in [2.24, 2.45) is 0 Å². The van der Waals surface area contributed by atoms with Gasteiger partial charge in [-0.1, -0.05) is 23.2 Å². The highest BCUT2D eigenvalue weighted by molar-refractivity contribution is 6.43. The van der Waals surface area contributed by atoms with Crippen molar-refractivity contribution >= 4 is 35.0 Å². The molecular weight excluding hydrogens is 241 g/mol. The van der Waals surface area contributed by atoms with Gasteiger partial charge in [-0.05, 0) is 13.0 Å². The minimum Gasteiger partial charge on any atom is -0.460 e. The van der Waals surface area contributed by atoms with E-state index >= 15 is 0 Å². The predicted octanol–water partition coefficient (Wildman–Crippen LogP) is 2.13. The number of ether oxygens (including phenoxy) is 1. The average molecular weight is 248 g/mol. The first-order valence-corrected chi connectivity index (χ1v) is 4.84. The van der Waals surface area contributed by atoms with E-state index in [0.29, 0.717) is 0 Å². The highest BCUT2D eigenvalue weighted by atomic mass is 35.5. The minimum absolute atomic E-state index is 0.0582. The van der Waals surface area contributed by atoms with Crippen molar-refractivity contribution in [2.45, 2.75) is 6.92 Å². The van der Waals surface area contributed by atoms with Crippen molar-refractivity contribution in [1.82, 2.24) is 4.98 Å². The fraction of sp³-hybridized carbons (Fsp3) is 0.222. The Morgan fingerprint density at radius 3 is 2.67 bits per heavy atom. The van der Waals surface area contributed by atoms with Gasteiger partial charge in [-0.25, -0.2) is 9.78 Å². The summed E-state index contributed by atoms with van der Waals surface area (Å²) in [7, 11) is 0. The first-order valence-electron chi connectivity index (χ1n) is 4.08. The van der Waals surface area contributed by atoms with Gasteiger partial charge < -0.3 is 4.74 Å². The monoisotopic (exact) mass is 247 g/mol. The summed E-state index contributed by atoms with van der Waals surface area (Å²) in [5, 5.41) is 0.198. The minimum atomic E-state index is -0.933. The molecule has 0 aliphatic carbocycles. The lowest BCUT2D eigenvalue weighted by Gasteiger charge is -2.01. The Morgan fingerprint density at radius 1 is 1.47 bits per heavy atom. The van der Waals surface area contributed by atoms with Gasteiger partial charge in [0.25, 0.3) is 5.78 Å². The second-order valence-corrected chi connectivity index (χ2v) is 3.31. The molecule has 4 nitrogen and oxygen atoms in total. The quantitative estimate of drug-likeness (QED) is 0.356. The molecule has 0 aliphatic rings. The van der Waals surface area contributed by atoms with Gasteiger partial charge in [0.1, 0.15) is 5.15 Å². The number of Topliss-reactive ketones (excluding diaryl/α,β-unsaturated/α-hetero) is 1. The lowest BCUT2D eigenvalue weighted by atomic mass is 10.2. The summed E-state index contributed by atoms with van der Waals surface area (Å²) in [5.41, 5.74) is 0.0582. The van der Waals surface area contributed by atoms with Gasteiger partial charge >= 0.3 is 5.97 Å². The molecule has 80 valence electrons. The van der Waals surface area contributed by atoms with Crippen LogP contribution < -0.4 is 0 Å². The molecule has 6 heteroatoms. The highest BCUT2D eigenvalue weighted by Crippen LogP contribution is 2.19. The Balaban J connectivity index is 2.92. The van der Waals surface area contributed by atoms with E-state index in [2.05, 4.69) is 9.72 Å². The summed E-state index contributed by atoms with van der Waals surface area (Å²) in [6.07, 6.45) is 1.17. The van der Waals surface area contributed by atoms with Crippen molar-refractivity contribution in [1.29, 1.82) is 0 Å². The lowest BCUT2D eigenvalue weighted by Crippen LogP contribution is -2.17. The molecule has 1 rings (SSSR count). The van der Waals surface area contributed by atoms with Crippen LogP contribution in [0, 0.1) is 0 Å². The van der Waals surface area contributed by atoms with Crippen LogP contribution in [0.3, 0.4) is 0 Å². The Bertz CT molecular complexity index is 406. The molecule has 0 spiro atoms. The van der Waals surface area contributed by atoms with Crippen LogP contribution in [0.15, 0.2) is 12.3 Å². The number of pyridine rings is 1. The van der Waals surface area contributed by atoms with E-state index in [-0.39, 0.29) is 22.3 Å². The molecule has 0 amide bonds. The van der Waals surface area contributed by atoms with Gasteiger partial charge in [0.15, 0.2) is 0 Å². The van der Waals surface area contributed by atoms with Gasteiger partial charge in [0.2, 0.25) is 0 Å². The summed E-state index contributed by atoms with van der Waals surface area (Å²) >= 11 is 11.2. The van der Waals surface area contributed by atoms with Crippen molar-refractivity contribution in [3.63, 3.8) is 0 Å². The van der Waals surface area contributed by atoms with E-state index in [9.17, 15) is 9.59 Å². The van der Waals surface area contributed by atoms with Crippen molar-refractivity contribution in [2.75, 3.05) is 6.61 Å². The maximum absolute atomic E-state index is 11.4. The maximum atomic E-state index is 11.4. The highest BCUT2D eigenvalue weighted by Gasteiger charge is 2.18. The van der Waals surface area contributed by atoms with E-state index in [1.807, 2.05) is 0 Å². The van der Waals surface area contributed by atoms with Crippen LogP contribution in [0.2, 0.25) is 10.2 Å². The van der Waals surface area contributed by atoms with Crippen LogP contribution in [-0.2, 0) is 9.53 Å². The number of hydrogen-bond donors (Lipinski definition) is 0. The molecule has 0 unspecified atom stereocenters. The van der Waals surface area contributed by atoms with Crippen molar-refractivity contribution in [3.8, 4) is 0 Å². The topological polar surface area (TPSA) is 56.3 Å². The molecule has 0 saturated carbocycles. The molecule has 0 N–H and O–H groups in total.